The maximum atomic E-state index is 13.1. The lowest BCUT2D eigenvalue weighted by Crippen LogP contribution is -2.47. The second kappa shape index (κ2) is 8.90. The Kier molecular flexibility index (Phi) is 5.92. The highest BCUT2D eigenvalue weighted by Gasteiger charge is 2.31. The summed E-state index contributed by atoms with van der Waals surface area (Å²) in [6.45, 7) is 4.86. The maximum absolute atomic E-state index is 13.1. The molecule has 34 heavy (non-hydrogen) atoms. The van der Waals surface area contributed by atoms with Crippen LogP contribution in [0.25, 0.3) is 11.0 Å². The SMILES string of the molecule is CCn1c(CN2C[C@H](C(N)=O)Oc3ccccc32)nc2cc(S(=O)(=O)N3CCOCC3)ccc21. The van der Waals surface area contributed by atoms with Gasteiger partial charge in [-0.2, -0.15) is 4.31 Å². The first-order valence-electron chi connectivity index (χ1n) is 11.3. The molecule has 0 radical (unpaired) electrons. The van der Waals surface area contributed by atoms with Crippen LogP contribution in [0.1, 0.15) is 12.7 Å². The van der Waals surface area contributed by atoms with Gasteiger partial charge in [0.05, 0.1) is 47.9 Å². The fourth-order valence-corrected chi connectivity index (χ4v) is 5.93. The van der Waals surface area contributed by atoms with Crippen molar-refractivity contribution in [1.82, 2.24) is 13.9 Å². The number of imidazole rings is 1. The Morgan fingerprint density at radius 2 is 1.94 bits per heavy atom. The zero-order valence-corrected chi connectivity index (χ0v) is 19.7. The van der Waals surface area contributed by atoms with Crippen LogP contribution >= 0.6 is 0 Å². The summed E-state index contributed by atoms with van der Waals surface area (Å²) in [7, 11) is -3.62. The molecule has 0 unspecified atom stereocenters. The van der Waals surface area contributed by atoms with Gasteiger partial charge in [-0.3, -0.25) is 4.79 Å². The third kappa shape index (κ3) is 3.99. The van der Waals surface area contributed by atoms with Gasteiger partial charge in [0.1, 0.15) is 11.6 Å². The van der Waals surface area contributed by atoms with E-state index in [1.54, 1.807) is 12.1 Å². The molecule has 2 aromatic carbocycles. The number of aryl methyl sites for hydroxylation is 1. The second-order valence-electron chi connectivity index (χ2n) is 8.30. The molecule has 1 amide bonds. The molecule has 1 saturated heterocycles. The largest absolute Gasteiger partial charge is 0.477 e. The number of amides is 1. The van der Waals surface area contributed by atoms with Crippen molar-refractivity contribution in [3.8, 4) is 5.75 Å². The topological polar surface area (TPSA) is 120 Å². The number of rotatable bonds is 6. The molecule has 2 aliphatic rings. The van der Waals surface area contributed by atoms with E-state index in [0.717, 1.165) is 17.0 Å². The Morgan fingerprint density at radius 3 is 2.68 bits per heavy atom. The lowest BCUT2D eigenvalue weighted by Gasteiger charge is -2.34. The van der Waals surface area contributed by atoms with Gasteiger partial charge in [0.2, 0.25) is 10.0 Å². The summed E-state index contributed by atoms with van der Waals surface area (Å²) in [6, 6.07) is 12.6. The van der Waals surface area contributed by atoms with Crippen molar-refractivity contribution >= 4 is 32.7 Å². The highest BCUT2D eigenvalue weighted by atomic mass is 32.2. The van der Waals surface area contributed by atoms with E-state index in [4.69, 9.17) is 20.2 Å². The number of aromatic nitrogens is 2. The van der Waals surface area contributed by atoms with Gasteiger partial charge in [-0.05, 0) is 37.3 Å². The normalized spacial score (nSPS) is 19.1. The van der Waals surface area contributed by atoms with Crippen LogP contribution in [0.2, 0.25) is 0 Å². The zero-order chi connectivity index (χ0) is 23.9. The van der Waals surface area contributed by atoms with Gasteiger partial charge in [0, 0.05) is 19.6 Å². The van der Waals surface area contributed by atoms with Crippen molar-refractivity contribution in [3.63, 3.8) is 0 Å². The average molecular weight is 486 g/mol. The van der Waals surface area contributed by atoms with Gasteiger partial charge >= 0.3 is 0 Å². The van der Waals surface area contributed by atoms with Crippen molar-refractivity contribution in [2.75, 3.05) is 37.7 Å². The van der Waals surface area contributed by atoms with Crippen LogP contribution < -0.4 is 15.4 Å². The summed E-state index contributed by atoms with van der Waals surface area (Å²) in [5, 5.41) is 0. The first-order valence-corrected chi connectivity index (χ1v) is 12.7. The highest BCUT2D eigenvalue weighted by Crippen LogP contribution is 2.34. The van der Waals surface area contributed by atoms with E-state index in [-0.39, 0.29) is 4.90 Å². The van der Waals surface area contributed by atoms with Gasteiger partial charge in [0.15, 0.2) is 6.10 Å². The van der Waals surface area contributed by atoms with E-state index >= 15 is 0 Å². The van der Waals surface area contributed by atoms with E-state index in [0.29, 0.717) is 57.2 Å². The van der Waals surface area contributed by atoms with Gasteiger partial charge in [-0.25, -0.2) is 13.4 Å². The number of morpholine rings is 1. The van der Waals surface area contributed by atoms with E-state index in [1.165, 1.54) is 4.31 Å². The molecule has 5 rings (SSSR count). The first-order chi connectivity index (χ1) is 16.4. The van der Waals surface area contributed by atoms with Gasteiger partial charge < -0.3 is 24.7 Å². The lowest BCUT2D eigenvalue weighted by atomic mass is 10.2. The maximum Gasteiger partial charge on any atom is 0.260 e. The van der Waals surface area contributed by atoms with Gasteiger partial charge in [-0.15, -0.1) is 0 Å². The molecule has 2 aliphatic heterocycles. The number of hydrogen-bond donors (Lipinski definition) is 1. The third-order valence-corrected chi connectivity index (χ3v) is 8.13. The highest BCUT2D eigenvalue weighted by molar-refractivity contribution is 7.89. The number of primary amides is 1. The smallest absolute Gasteiger partial charge is 0.260 e. The summed E-state index contributed by atoms with van der Waals surface area (Å²) in [6.07, 6.45) is -0.764. The minimum Gasteiger partial charge on any atom is -0.477 e. The summed E-state index contributed by atoms with van der Waals surface area (Å²) < 4.78 is 40.8. The molecular weight excluding hydrogens is 458 g/mol. The predicted octanol–water partition coefficient (Wildman–Crippen LogP) is 1.33. The molecule has 2 N–H and O–H groups in total. The van der Waals surface area contributed by atoms with E-state index in [9.17, 15) is 13.2 Å². The van der Waals surface area contributed by atoms with Crippen molar-refractivity contribution in [1.29, 1.82) is 0 Å². The molecule has 3 heterocycles. The van der Waals surface area contributed by atoms with Crippen molar-refractivity contribution < 1.29 is 22.7 Å². The van der Waals surface area contributed by atoms with Crippen molar-refractivity contribution in [2.45, 2.75) is 31.0 Å². The fraction of sp³-hybridized carbons (Fsp3) is 0.391. The number of sulfonamides is 1. The number of carbonyl (C=O) groups is 1. The Bertz CT molecular complexity index is 1330. The molecule has 180 valence electrons. The van der Waals surface area contributed by atoms with Crippen molar-refractivity contribution in [3.05, 3.63) is 48.3 Å². The van der Waals surface area contributed by atoms with Crippen LogP contribution in [0.5, 0.6) is 5.75 Å². The second-order valence-corrected chi connectivity index (χ2v) is 10.2. The summed E-state index contributed by atoms with van der Waals surface area (Å²) >= 11 is 0. The van der Waals surface area contributed by atoms with E-state index in [2.05, 4.69) is 4.57 Å². The van der Waals surface area contributed by atoms with Crippen molar-refractivity contribution in [2.24, 2.45) is 5.73 Å². The molecule has 0 saturated carbocycles. The molecule has 0 spiro atoms. The molecular formula is C23H27N5O5S. The number of benzene rings is 2. The fourth-order valence-electron chi connectivity index (χ4n) is 4.51. The van der Waals surface area contributed by atoms with Gasteiger partial charge in [0.25, 0.3) is 5.91 Å². The molecule has 0 aliphatic carbocycles. The minimum atomic E-state index is -3.62. The Balaban J connectivity index is 1.50. The number of para-hydroxylation sites is 2. The minimum absolute atomic E-state index is 0.222. The van der Waals surface area contributed by atoms with Crippen LogP contribution in [0.15, 0.2) is 47.4 Å². The number of fused-ring (bicyclic) bond motifs is 2. The number of ether oxygens (including phenoxy) is 2. The van der Waals surface area contributed by atoms with Gasteiger partial charge in [-0.1, -0.05) is 12.1 Å². The monoisotopic (exact) mass is 485 g/mol. The Morgan fingerprint density at radius 1 is 1.18 bits per heavy atom. The quantitative estimate of drug-likeness (QED) is 0.559. The van der Waals surface area contributed by atoms with Crippen LogP contribution in [-0.4, -0.2) is 67.1 Å². The third-order valence-electron chi connectivity index (χ3n) is 6.23. The molecule has 3 aromatic rings. The number of anilines is 1. The Hall–Kier alpha value is -3.15. The molecule has 11 heteroatoms. The molecule has 10 nitrogen and oxygen atoms in total. The Labute approximate surface area is 197 Å². The first kappa shape index (κ1) is 22.6. The van der Waals surface area contributed by atoms with Crippen LogP contribution in [0.4, 0.5) is 5.69 Å². The summed E-state index contributed by atoms with van der Waals surface area (Å²) in [5.41, 5.74) is 7.85. The van der Waals surface area contributed by atoms with E-state index < -0.39 is 22.0 Å². The number of hydrogen-bond acceptors (Lipinski definition) is 7. The molecule has 1 aromatic heterocycles. The van der Waals surface area contributed by atoms with Crippen LogP contribution in [0.3, 0.4) is 0 Å². The van der Waals surface area contributed by atoms with E-state index in [1.807, 2.05) is 42.2 Å². The molecule has 1 atom stereocenters. The number of nitrogens with zero attached hydrogens (tertiary/aromatic N) is 4. The zero-order valence-electron chi connectivity index (χ0n) is 18.9. The predicted molar refractivity (Wildman–Crippen MR) is 126 cm³/mol. The number of nitrogens with two attached hydrogens (primary N) is 1. The molecule has 1 fully saturated rings. The molecule has 0 bridgehead atoms. The summed E-state index contributed by atoms with van der Waals surface area (Å²) in [5.74, 6) is 0.829. The summed E-state index contributed by atoms with van der Waals surface area (Å²) in [4.78, 5) is 18.9. The lowest BCUT2D eigenvalue weighted by molar-refractivity contribution is -0.124. The van der Waals surface area contributed by atoms with Crippen LogP contribution in [0, 0.1) is 0 Å². The van der Waals surface area contributed by atoms with Crippen LogP contribution in [-0.2, 0) is 32.6 Å². The average Bonchev–Trinajstić information content (AvgIpc) is 3.20. The number of carbonyl (C=O) groups excluding carboxylic acids is 1. The standard InChI is InChI=1S/C23H27N5O5S/c1-2-28-18-8-7-16(34(30,31)27-9-11-32-12-10-27)13-17(18)25-22(28)15-26-14-21(23(24)29)33-20-6-4-3-5-19(20)26/h3-8,13,21H,2,9-12,14-15H2,1H3,(H2,24,29)/t21-/m1/s1.